The summed E-state index contributed by atoms with van der Waals surface area (Å²) in [5.41, 5.74) is 0.642. The van der Waals surface area contributed by atoms with Gasteiger partial charge in [0.25, 0.3) is 5.91 Å². The highest BCUT2D eigenvalue weighted by atomic mass is 79.9. The van der Waals surface area contributed by atoms with E-state index in [0.29, 0.717) is 36.1 Å². The first kappa shape index (κ1) is 19.4. The molecule has 0 saturated carbocycles. The number of hydrogen-bond acceptors (Lipinski definition) is 7. The van der Waals surface area contributed by atoms with Gasteiger partial charge in [-0.15, -0.1) is 0 Å². The Morgan fingerprint density at radius 2 is 1.90 bits per heavy atom. The molecular weight excluding hydrogens is 438 g/mol. The molecule has 1 amide bonds. The molecule has 1 aliphatic rings. The van der Waals surface area contributed by atoms with Crippen molar-refractivity contribution in [1.29, 1.82) is 0 Å². The third-order valence-corrected chi connectivity index (χ3v) is 5.11. The van der Waals surface area contributed by atoms with E-state index in [0.717, 1.165) is 23.4 Å². The van der Waals surface area contributed by atoms with Crippen LogP contribution in [0.2, 0.25) is 0 Å². The van der Waals surface area contributed by atoms with Gasteiger partial charge in [0.15, 0.2) is 6.61 Å². The van der Waals surface area contributed by atoms with E-state index in [4.69, 9.17) is 9.26 Å². The molecule has 4 rings (SSSR count). The monoisotopic (exact) mass is 457 g/mol. The van der Waals surface area contributed by atoms with Gasteiger partial charge >= 0.3 is 0 Å². The fourth-order valence-corrected chi connectivity index (χ4v) is 3.35. The number of carbonyl (C=O) groups excluding carboxylic acids is 1. The Hall–Kier alpha value is -2.94. The SMILES string of the molecule is Cc1nc(COc2ccc(C(=O)N3CCN(c4ccc(Br)cn4)CC3)cc2)no1. The normalized spacial score (nSPS) is 14.1. The minimum atomic E-state index is 0.0220. The first-order valence-corrected chi connectivity index (χ1v) is 10.1. The maximum atomic E-state index is 12.8. The van der Waals surface area contributed by atoms with Crippen LogP contribution in [0.25, 0.3) is 0 Å². The minimum absolute atomic E-state index is 0.0220. The fourth-order valence-electron chi connectivity index (χ4n) is 3.12. The summed E-state index contributed by atoms with van der Waals surface area (Å²) in [7, 11) is 0. The largest absolute Gasteiger partial charge is 0.485 e. The summed E-state index contributed by atoms with van der Waals surface area (Å²) >= 11 is 3.40. The molecule has 150 valence electrons. The number of aromatic nitrogens is 3. The molecule has 1 saturated heterocycles. The van der Waals surface area contributed by atoms with E-state index in [1.807, 2.05) is 17.0 Å². The summed E-state index contributed by atoms with van der Waals surface area (Å²) in [6.07, 6.45) is 1.79. The third kappa shape index (κ3) is 4.73. The van der Waals surface area contributed by atoms with E-state index in [1.165, 1.54) is 0 Å². The van der Waals surface area contributed by atoms with Gasteiger partial charge in [0.05, 0.1) is 0 Å². The van der Waals surface area contributed by atoms with Gasteiger partial charge in [-0.1, -0.05) is 5.16 Å². The predicted molar refractivity (Wildman–Crippen MR) is 110 cm³/mol. The van der Waals surface area contributed by atoms with Crippen molar-refractivity contribution in [2.75, 3.05) is 31.1 Å². The molecular formula is C20H20BrN5O3. The lowest BCUT2D eigenvalue weighted by molar-refractivity contribution is 0.0746. The van der Waals surface area contributed by atoms with Gasteiger partial charge < -0.3 is 19.1 Å². The molecule has 0 unspecified atom stereocenters. The standard InChI is InChI=1S/C20H20BrN5O3/c1-14-23-18(24-29-14)13-28-17-5-2-15(3-6-17)20(27)26-10-8-25(9-11-26)19-7-4-16(21)12-22-19/h2-7,12H,8-11,13H2,1H3. The zero-order chi connectivity index (χ0) is 20.2. The Labute approximate surface area is 176 Å². The second-order valence-electron chi connectivity index (χ2n) is 6.66. The summed E-state index contributed by atoms with van der Waals surface area (Å²) < 4.78 is 11.5. The number of piperazine rings is 1. The Morgan fingerprint density at radius 3 is 2.52 bits per heavy atom. The molecule has 0 bridgehead atoms. The Bertz CT molecular complexity index is 967. The highest BCUT2D eigenvalue weighted by Gasteiger charge is 2.22. The van der Waals surface area contributed by atoms with Crippen LogP contribution in [-0.4, -0.2) is 52.1 Å². The minimum Gasteiger partial charge on any atom is -0.485 e. The van der Waals surface area contributed by atoms with Gasteiger partial charge in [0.1, 0.15) is 11.6 Å². The number of ether oxygens (including phenoxy) is 1. The van der Waals surface area contributed by atoms with Gasteiger partial charge in [-0.2, -0.15) is 4.98 Å². The number of pyridine rings is 1. The number of nitrogens with zero attached hydrogens (tertiary/aromatic N) is 5. The number of benzene rings is 1. The van der Waals surface area contributed by atoms with Gasteiger partial charge in [0, 0.05) is 49.3 Å². The first-order valence-electron chi connectivity index (χ1n) is 9.26. The van der Waals surface area contributed by atoms with Gasteiger partial charge in [-0.3, -0.25) is 4.79 Å². The molecule has 9 heteroatoms. The summed E-state index contributed by atoms with van der Waals surface area (Å²) in [5.74, 6) is 2.59. The second kappa shape index (κ2) is 8.60. The number of anilines is 1. The van der Waals surface area contributed by atoms with Crippen molar-refractivity contribution < 1.29 is 14.1 Å². The van der Waals surface area contributed by atoms with E-state index >= 15 is 0 Å². The smallest absolute Gasteiger partial charge is 0.253 e. The maximum absolute atomic E-state index is 12.8. The van der Waals surface area contributed by atoms with Crippen molar-refractivity contribution in [1.82, 2.24) is 20.0 Å². The molecule has 0 radical (unpaired) electrons. The molecule has 0 atom stereocenters. The average Bonchev–Trinajstić information content (AvgIpc) is 3.18. The molecule has 29 heavy (non-hydrogen) atoms. The van der Waals surface area contributed by atoms with Crippen LogP contribution < -0.4 is 9.64 Å². The van der Waals surface area contributed by atoms with Crippen molar-refractivity contribution in [3.8, 4) is 5.75 Å². The van der Waals surface area contributed by atoms with E-state index in [-0.39, 0.29) is 12.5 Å². The van der Waals surface area contributed by atoms with Crippen molar-refractivity contribution in [2.45, 2.75) is 13.5 Å². The van der Waals surface area contributed by atoms with Crippen molar-refractivity contribution in [3.63, 3.8) is 0 Å². The van der Waals surface area contributed by atoms with E-state index in [1.54, 1.807) is 37.4 Å². The van der Waals surface area contributed by atoms with Crippen LogP contribution in [0.15, 0.2) is 51.6 Å². The van der Waals surface area contributed by atoms with Crippen molar-refractivity contribution in [2.24, 2.45) is 0 Å². The molecule has 0 aliphatic carbocycles. The van der Waals surface area contributed by atoms with E-state index in [2.05, 4.69) is 36.0 Å². The van der Waals surface area contributed by atoms with Crippen LogP contribution in [0.1, 0.15) is 22.1 Å². The van der Waals surface area contributed by atoms with Gasteiger partial charge in [-0.05, 0) is 52.3 Å². The van der Waals surface area contributed by atoms with Crippen LogP contribution in [-0.2, 0) is 6.61 Å². The zero-order valence-corrected chi connectivity index (χ0v) is 17.5. The van der Waals surface area contributed by atoms with Crippen LogP contribution in [0, 0.1) is 6.92 Å². The quantitative estimate of drug-likeness (QED) is 0.581. The highest BCUT2D eigenvalue weighted by molar-refractivity contribution is 9.10. The number of aryl methyl sites for hydroxylation is 1. The number of amides is 1. The van der Waals surface area contributed by atoms with Crippen LogP contribution >= 0.6 is 15.9 Å². The molecule has 0 spiro atoms. The summed E-state index contributed by atoms with van der Waals surface area (Å²) in [6, 6.07) is 11.1. The van der Waals surface area contributed by atoms with E-state index in [9.17, 15) is 4.79 Å². The lowest BCUT2D eigenvalue weighted by Gasteiger charge is -2.35. The predicted octanol–water partition coefficient (Wildman–Crippen LogP) is 3.08. The average molecular weight is 458 g/mol. The van der Waals surface area contributed by atoms with Gasteiger partial charge in [-0.25, -0.2) is 4.98 Å². The van der Waals surface area contributed by atoms with Gasteiger partial charge in [0.2, 0.25) is 11.7 Å². The molecule has 1 aromatic carbocycles. The molecule has 3 heterocycles. The summed E-state index contributed by atoms with van der Waals surface area (Å²) in [4.78, 5) is 25.4. The Morgan fingerprint density at radius 1 is 1.14 bits per heavy atom. The Kier molecular flexibility index (Phi) is 5.75. The number of halogens is 1. The number of rotatable bonds is 5. The topological polar surface area (TPSA) is 84.6 Å². The molecule has 2 aromatic heterocycles. The lowest BCUT2D eigenvalue weighted by Crippen LogP contribution is -2.49. The van der Waals surface area contributed by atoms with Crippen molar-refractivity contribution in [3.05, 3.63) is 64.3 Å². The Balaban J connectivity index is 1.31. The molecule has 1 fully saturated rings. The zero-order valence-electron chi connectivity index (χ0n) is 15.9. The van der Waals surface area contributed by atoms with E-state index < -0.39 is 0 Å². The summed E-state index contributed by atoms with van der Waals surface area (Å²) in [6.45, 7) is 4.78. The summed E-state index contributed by atoms with van der Waals surface area (Å²) in [5, 5.41) is 3.79. The third-order valence-electron chi connectivity index (χ3n) is 4.64. The lowest BCUT2D eigenvalue weighted by atomic mass is 10.1. The highest BCUT2D eigenvalue weighted by Crippen LogP contribution is 2.19. The first-order chi connectivity index (χ1) is 14.1. The van der Waals surface area contributed by atoms with Crippen LogP contribution in [0.4, 0.5) is 5.82 Å². The second-order valence-corrected chi connectivity index (χ2v) is 7.57. The number of carbonyl (C=O) groups is 1. The molecule has 0 N–H and O–H groups in total. The molecule has 8 nitrogen and oxygen atoms in total. The van der Waals surface area contributed by atoms with Crippen molar-refractivity contribution >= 4 is 27.7 Å². The molecule has 3 aromatic rings. The van der Waals surface area contributed by atoms with Crippen LogP contribution in [0.5, 0.6) is 5.75 Å². The molecule has 1 aliphatic heterocycles. The van der Waals surface area contributed by atoms with Crippen LogP contribution in [0.3, 0.4) is 0 Å². The fraction of sp³-hybridized carbons (Fsp3) is 0.300. The number of hydrogen-bond donors (Lipinski definition) is 0. The maximum Gasteiger partial charge on any atom is 0.253 e.